The first-order chi connectivity index (χ1) is 8.24. The van der Waals surface area contributed by atoms with Crippen molar-refractivity contribution in [2.75, 3.05) is 14.2 Å². The molecule has 0 aliphatic carbocycles. The topological polar surface area (TPSA) is 37.0 Å². The molecule has 2 N–H and O–H groups in total. The van der Waals surface area contributed by atoms with E-state index in [9.17, 15) is 0 Å². The Labute approximate surface area is 102 Å². The summed E-state index contributed by atoms with van der Waals surface area (Å²) in [5, 5.41) is 3.17. The molecule has 0 spiro atoms. The minimum atomic E-state index is 0.880. The molecule has 3 heteroatoms. The van der Waals surface area contributed by atoms with Gasteiger partial charge in [0, 0.05) is 23.5 Å². The number of aromatic amines is 1. The van der Waals surface area contributed by atoms with Crippen LogP contribution in [0.4, 0.5) is 0 Å². The summed E-state index contributed by atoms with van der Waals surface area (Å²) in [6.07, 6.45) is 0. The third-order valence-corrected chi connectivity index (χ3v) is 2.87. The molecule has 1 heterocycles. The molecule has 0 unspecified atom stereocenters. The number of hydrogen-bond donors (Lipinski definition) is 2. The summed E-state index contributed by atoms with van der Waals surface area (Å²) in [6, 6.07) is 10.3. The van der Waals surface area contributed by atoms with E-state index in [-0.39, 0.29) is 0 Å². The van der Waals surface area contributed by atoms with Gasteiger partial charge in [0.2, 0.25) is 0 Å². The molecule has 90 valence electrons. The van der Waals surface area contributed by atoms with Crippen LogP contribution in [0.1, 0.15) is 11.3 Å². The molecule has 1 aromatic heterocycles. The van der Waals surface area contributed by atoms with E-state index in [4.69, 9.17) is 4.74 Å². The van der Waals surface area contributed by atoms with Crippen LogP contribution >= 0.6 is 0 Å². The van der Waals surface area contributed by atoms with Gasteiger partial charge < -0.3 is 15.0 Å². The summed E-state index contributed by atoms with van der Waals surface area (Å²) < 4.78 is 5.23. The lowest BCUT2D eigenvalue weighted by Crippen LogP contribution is -2.04. The molecule has 0 saturated carbocycles. The largest absolute Gasteiger partial charge is 0.497 e. The van der Waals surface area contributed by atoms with Crippen molar-refractivity contribution in [3.8, 4) is 17.0 Å². The molecule has 2 aromatic rings. The van der Waals surface area contributed by atoms with Gasteiger partial charge >= 0.3 is 0 Å². The van der Waals surface area contributed by atoms with E-state index in [2.05, 4.69) is 29.4 Å². The molecule has 0 amide bonds. The first-order valence-corrected chi connectivity index (χ1v) is 5.72. The molecule has 0 aliphatic heterocycles. The van der Waals surface area contributed by atoms with Crippen LogP contribution in [0.25, 0.3) is 11.3 Å². The second-order valence-electron chi connectivity index (χ2n) is 4.10. The fourth-order valence-electron chi connectivity index (χ4n) is 1.92. The maximum absolute atomic E-state index is 5.23. The third kappa shape index (κ3) is 2.50. The molecular weight excluding hydrogens is 212 g/mol. The number of rotatable bonds is 4. The number of H-pyrrole nitrogens is 1. The highest BCUT2D eigenvalue weighted by atomic mass is 16.5. The smallest absolute Gasteiger partial charge is 0.119 e. The lowest BCUT2D eigenvalue weighted by Gasteiger charge is -2.02. The highest BCUT2D eigenvalue weighted by Gasteiger charge is 2.06. The number of benzene rings is 1. The van der Waals surface area contributed by atoms with Gasteiger partial charge in [0.25, 0.3) is 0 Å². The molecule has 0 radical (unpaired) electrons. The molecule has 2 rings (SSSR count). The zero-order valence-electron chi connectivity index (χ0n) is 10.5. The Bertz CT molecular complexity index is 503. The predicted octanol–water partition coefficient (Wildman–Crippen LogP) is 2.72. The van der Waals surface area contributed by atoms with Gasteiger partial charge in [0.1, 0.15) is 5.75 Å². The summed E-state index contributed by atoms with van der Waals surface area (Å²) in [4.78, 5) is 3.40. The molecule has 1 aromatic carbocycles. The number of methoxy groups -OCH3 is 1. The van der Waals surface area contributed by atoms with E-state index in [0.29, 0.717) is 0 Å². The minimum Gasteiger partial charge on any atom is -0.497 e. The first kappa shape index (κ1) is 11.7. The lowest BCUT2D eigenvalue weighted by atomic mass is 10.1. The highest BCUT2D eigenvalue weighted by molar-refractivity contribution is 5.63. The molecule has 0 atom stereocenters. The number of ether oxygens (including phenoxy) is 1. The van der Waals surface area contributed by atoms with Crippen LogP contribution in [0.15, 0.2) is 30.3 Å². The van der Waals surface area contributed by atoms with Gasteiger partial charge in [-0.15, -0.1) is 0 Å². The Morgan fingerprint density at radius 3 is 2.82 bits per heavy atom. The van der Waals surface area contributed by atoms with Crippen LogP contribution < -0.4 is 10.1 Å². The number of aromatic nitrogens is 1. The standard InChI is InChI=1S/C14H18N2O/c1-10-12(9-15-2)8-14(16-10)11-5-4-6-13(7-11)17-3/h4-8,15-16H,9H2,1-3H3. The normalized spacial score (nSPS) is 10.5. The van der Waals surface area contributed by atoms with Gasteiger partial charge in [-0.2, -0.15) is 0 Å². The van der Waals surface area contributed by atoms with Gasteiger partial charge in [0.05, 0.1) is 7.11 Å². The van der Waals surface area contributed by atoms with Gasteiger partial charge in [0.15, 0.2) is 0 Å². The summed E-state index contributed by atoms with van der Waals surface area (Å²) >= 11 is 0. The van der Waals surface area contributed by atoms with E-state index in [1.54, 1.807) is 7.11 Å². The van der Waals surface area contributed by atoms with Gasteiger partial charge in [-0.3, -0.25) is 0 Å². The maximum Gasteiger partial charge on any atom is 0.119 e. The summed E-state index contributed by atoms with van der Waals surface area (Å²) in [7, 11) is 3.64. The van der Waals surface area contributed by atoms with Crippen LogP contribution in [-0.2, 0) is 6.54 Å². The first-order valence-electron chi connectivity index (χ1n) is 5.72. The van der Waals surface area contributed by atoms with Crippen molar-refractivity contribution in [2.45, 2.75) is 13.5 Å². The molecule has 0 fully saturated rings. The van der Waals surface area contributed by atoms with E-state index in [1.807, 2.05) is 25.2 Å². The van der Waals surface area contributed by atoms with Crippen LogP contribution in [0.5, 0.6) is 5.75 Å². The average molecular weight is 230 g/mol. The predicted molar refractivity (Wildman–Crippen MR) is 70.3 cm³/mol. The molecule has 3 nitrogen and oxygen atoms in total. The summed E-state index contributed by atoms with van der Waals surface area (Å²) in [5.41, 5.74) is 4.78. The van der Waals surface area contributed by atoms with Gasteiger partial charge in [-0.05, 0) is 37.7 Å². The van der Waals surface area contributed by atoms with E-state index in [1.165, 1.54) is 11.3 Å². The monoisotopic (exact) mass is 230 g/mol. The Balaban J connectivity index is 2.35. The maximum atomic E-state index is 5.23. The van der Waals surface area contributed by atoms with Crippen LogP contribution in [-0.4, -0.2) is 19.1 Å². The molecule has 0 bridgehead atoms. The van der Waals surface area contributed by atoms with Gasteiger partial charge in [-0.25, -0.2) is 0 Å². The average Bonchev–Trinajstić information content (AvgIpc) is 2.72. The van der Waals surface area contributed by atoms with Crippen LogP contribution in [0.2, 0.25) is 0 Å². The zero-order chi connectivity index (χ0) is 12.3. The van der Waals surface area contributed by atoms with E-state index < -0.39 is 0 Å². The second-order valence-corrected chi connectivity index (χ2v) is 4.10. The Hall–Kier alpha value is -1.74. The van der Waals surface area contributed by atoms with Crippen molar-refractivity contribution in [1.82, 2.24) is 10.3 Å². The Morgan fingerprint density at radius 1 is 1.29 bits per heavy atom. The van der Waals surface area contributed by atoms with Crippen molar-refractivity contribution >= 4 is 0 Å². The third-order valence-electron chi connectivity index (χ3n) is 2.87. The SMILES string of the molecule is CNCc1cc(-c2cccc(OC)c2)[nH]c1C. The fourth-order valence-corrected chi connectivity index (χ4v) is 1.92. The lowest BCUT2D eigenvalue weighted by molar-refractivity contribution is 0.415. The van der Waals surface area contributed by atoms with E-state index in [0.717, 1.165) is 23.6 Å². The minimum absolute atomic E-state index is 0.880. The zero-order valence-corrected chi connectivity index (χ0v) is 10.5. The quantitative estimate of drug-likeness (QED) is 0.847. The summed E-state index contributed by atoms with van der Waals surface area (Å²) in [5.74, 6) is 0.880. The van der Waals surface area contributed by atoms with Crippen molar-refractivity contribution in [2.24, 2.45) is 0 Å². The second kappa shape index (κ2) is 5.06. The molecular formula is C14H18N2O. The fraction of sp³-hybridized carbons (Fsp3) is 0.286. The van der Waals surface area contributed by atoms with Crippen molar-refractivity contribution in [3.05, 3.63) is 41.6 Å². The highest BCUT2D eigenvalue weighted by Crippen LogP contribution is 2.25. The Morgan fingerprint density at radius 2 is 2.12 bits per heavy atom. The van der Waals surface area contributed by atoms with Gasteiger partial charge in [-0.1, -0.05) is 12.1 Å². The molecule has 17 heavy (non-hydrogen) atoms. The Kier molecular flexibility index (Phi) is 3.49. The molecule has 0 saturated heterocycles. The van der Waals surface area contributed by atoms with Crippen molar-refractivity contribution in [3.63, 3.8) is 0 Å². The number of hydrogen-bond acceptors (Lipinski definition) is 2. The summed E-state index contributed by atoms with van der Waals surface area (Å²) in [6.45, 7) is 2.97. The van der Waals surface area contributed by atoms with Crippen LogP contribution in [0, 0.1) is 6.92 Å². The van der Waals surface area contributed by atoms with E-state index >= 15 is 0 Å². The van der Waals surface area contributed by atoms with Crippen molar-refractivity contribution in [1.29, 1.82) is 0 Å². The number of aryl methyl sites for hydroxylation is 1. The van der Waals surface area contributed by atoms with Crippen LogP contribution in [0.3, 0.4) is 0 Å². The van der Waals surface area contributed by atoms with Crippen molar-refractivity contribution < 1.29 is 4.74 Å². The number of nitrogens with one attached hydrogen (secondary N) is 2. The molecule has 0 aliphatic rings.